The van der Waals surface area contributed by atoms with E-state index >= 15 is 0 Å². The molecule has 0 spiro atoms. The first-order valence-electron chi connectivity index (χ1n) is 12.0. The lowest BCUT2D eigenvalue weighted by Gasteiger charge is -2.29. The van der Waals surface area contributed by atoms with Crippen molar-refractivity contribution in [2.75, 3.05) is 42.7 Å². The van der Waals surface area contributed by atoms with E-state index in [9.17, 15) is 0 Å². The van der Waals surface area contributed by atoms with Gasteiger partial charge in [-0.3, -0.25) is 15.1 Å². The van der Waals surface area contributed by atoms with Gasteiger partial charge in [0, 0.05) is 43.0 Å². The lowest BCUT2D eigenvalue weighted by Crippen LogP contribution is -2.30. The van der Waals surface area contributed by atoms with Crippen molar-refractivity contribution in [2.24, 2.45) is 0 Å². The smallest absolute Gasteiger partial charge is 0.141 e. The zero-order valence-corrected chi connectivity index (χ0v) is 19.7. The number of pyridine rings is 2. The molecule has 0 aliphatic carbocycles. The van der Waals surface area contributed by atoms with Gasteiger partial charge in [0.25, 0.3) is 0 Å². The molecule has 1 aromatic carbocycles. The third-order valence-electron chi connectivity index (χ3n) is 6.71. The summed E-state index contributed by atoms with van der Waals surface area (Å²) >= 11 is 0. The fourth-order valence-electron chi connectivity index (χ4n) is 5.09. The van der Waals surface area contributed by atoms with Gasteiger partial charge in [0.15, 0.2) is 0 Å². The molecule has 1 fully saturated rings. The number of rotatable bonds is 5. The van der Waals surface area contributed by atoms with Gasteiger partial charge in [-0.15, -0.1) is 0 Å². The van der Waals surface area contributed by atoms with Crippen LogP contribution in [0.1, 0.15) is 36.7 Å². The third kappa shape index (κ3) is 3.84. The van der Waals surface area contributed by atoms with Crippen molar-refractivity contribution >= 4 is 28.0 Å². The van der Waals surface area contributed by atoms with Crippen LogP contribution in [0, 0.1) is 0 Å². The van der Waals surface area contributed by atoms with Gasteiger partial charge in [-0.2, -0.15) is 5.10 Å². The monoisotopic (exact) mass is 454 g/mol. The number of hydrogen-bond donors (Lipinski definition) is 3. The van der Waals surface area contributed by atoms with E-state index in [-0.39, 0.29) is 6.17 Å². The maximum Gasteiger partial charge on any atom is 0.141 e. The number of aromatic nitrogens is 4. The second-order valence-electron chi connectivity index (χ2n) is 9.54. The molecule has 1 saturated heterocycles. The van der Waals surface area contributed by atoms with Crippen molar-refractivity contribution in [1.82, 2.24) is 25.1 Å². The normalized spacial score (nSPS) is 17.6. The average Bonchev–Trinajstić information content (AvgIpc) is 3.48. The summed E-state index contributed by atoms with van der Waals surface area (Å²) in [7, 11) is 4.14. The molecule has 2 aliphatic heterocycles. The molecule has 3 aromatic heterocycles. The Bertz CT molecular complexity index is 1320. The van der Waals surface area contributed by atoms with Crippen LogP contribution in [0.3, 0.4) is 0 Å². The summed E-state index contributed by atoms with van der Waals surface area (Å²) in [6.07, 6.45) is 11.4. The molecule has 0 amide bonds. The van der Waals surface area contributed by atoms with E-state index in [1.807, 2.05) is 24.8 Å². The molecule has 0 radical (unpaired) electrons. The van der Waals surface area contributed by atoms with Gasteiger partial charge < -0.3 is 20.4 Å². The number of piperidine rings is 1. The topological polar surface area (TPSA) is 85.0 Å². The lowest BCUT2D eigenvalue weighted by atomic mass is 10.0. The first-order valence-corrected chi connectivity index (χ1v) is 12.0. The van der Waals surface area contributed by atoms with Crippen LogP contribution in [0.2, 0.25) is 0 Å². The Morgan fingerprint density at radius 1 is 0.941 bits per heavy atom. The maximum absolute atomic E-state index is 4.58. The van der Waals surface area contributed by atoms with Crippen LogP contribution in [0.4, 0.5) is 17.1 Å². The second kappa shape index (κ2) is 8.61. The molecule has 0 saturated carbocycles. The molecule has 6 rings (SSSR count). The number of benzene rings is 1. The van der Waals surface area contributed by atoms with Crippen LogP contribution in [-0.4, -0.2) is 52.3 Å². The van der Waals surface area contributed by atoms with Crippen LogP contribution < -0.4 is 15.5 Å². The molecule has 0 bridgehead atoms. The molecule has 3 N–H and O–H groups in total. The number of fused-ring (bicyclic) bond motifs is 2. The molecule has 5 heterocycles. The van der Waals surface area contributed by atoms with Gasteiger partial charge in [-0.1, -0.05) is 6.07 Å². The summed E-state index contributed by atoms with van der Waals surface area (Å²) < 4.78 is 0. The Hall–Kier alpha value is -3.65. The van der Waals surface area contributed by atoms with Crippen molar-refractivity contribution in [1.29, 1.82) is 0 Å². The van der Waals surface area contributed by atoms with Crippen LogP contribution in [0.25, 0.3) is 22.0 Å². The van der Waals surface area contributed by atoms with E-state index in [4.69, 9.17) is 0 Å². The van der Waals surface area contributed by atoms with E-state index in [1.165, 1.54) is 30.5 Å². The Morgan fingerprint density at radius 2 is 1.79 bits per heavy atom. The Kier molecular flexibility index (Phi) is 5.30. The minimum absolute atomic E-state index is 0.0961. The Morgan fingerprint density at radius 3 is 2.65 bits per heavy atom. The third-order valence-corrected chi connectivity index (χ3v) is 6.71. The minimum atomic E-state index is -0.0961. The maximum atomic E-state index is 4.58. The molecular formula is C26H30N8. The largest absolute Gasteiger partial charge is 0.369 e. The van der Waals surface area contributed by atoms with Crippen molar-refractivity contribution < 1.29 is 0 Å². The summed E-state index contributed by atoms with van der Waals surface area (Å²) in [6, 6.07) is 8.62. The fourth-order valence-corrected chi connectivity index (χ4v) is 5.09. The van der Waals surface area contributed by atoms with Crippen molar-refractivity contribution in [3.8, 4) is 11.1 Å². The van der Waals surface area contributed by atoms with E-state index < -0.39 is 0 Å². The molecule has 2 aliphatic rings. The molecule has 1 unspecified atom stereocenters. The first-order chi connectivity index (χ1) is 16.7. The van der Waals surface area contributed by atoms with Crippen molar-refractivity contribution in [2.45, 2.75) is 32.0 Å². The Balaban J connectivity index is 1.32. The van der Waals surface area contributed by atoms with Gasteiger partial charge in [0.05, 0.1) is 40.7 Å². The molecule has 8 nitrogen and oxygen atoms in total. The highest BCUT2D eigenvalue weighted by molar-refractivity contribution is 5.91. The Labute approximate surface area is 199 Å². The van der Waals surface area contributed by atoms with Crippen LogP contribution in [0.15, 0.2) is 49.1 Å². The number of nitrogens with zero attached hydrogens (tertiary/aromatic N) is 5. The highest BCUT2D eigenvalue weighted by Crippen LogP contribution is 2.43. The quantitative estimate of drug-likeness (QED) is 0.406. The lowest BCUT2D eigenvalue weighted by molar-refractivity contribution is 0.402. The second-order valence-corrected chi connectivity index (χ2v) is 9.54. The zero-order valence-electron chi connectivity index (χ0n) is 19.7. The number of aromatic amines is 1. The summed E-state index contributed by atoms with van der Waals surface area (Å²) in [4.78, 5) is 13.6. The molecule has 1 atom stereocenters. The zero-order chi connectivity index (χ0) is 23.1. The molecule has 174 valence electrons. The minimum Gasteiger partial charge on any atom is -0.369 e. The standard InChI is InChI=1S/C26H30N8/c1-33(2)16-17-10-19(13-27-12-17)18-6-7-21-20(11-18)24(32-31-21)26-29-22-14-28-15-23(25(22)30-26)34-8-4-3-5-9-34/h6-7,10-15,26,29-30H,3-5,8-9,16H2,1-2H3,(H,31,32). The molecule has 34 heavy (non-hydrogen) atoms. The number of nitrogens with one attached hydrogen (secondary N) is 3. The van der Waals surface area contributed by atoms with Gasteiger partial charge in [-0.05, 0) is 62.7 Å². The number of hydrogen-bond acceptors (Lipinski definition) is 7. The predicted molar refractivity (Wildman–Crippen MR) is 137 cm³/mol. The van der Waals surface area contributed by atoms with Crippen molar-refractivity contribution in [3.63, 3.8) is 0 Å². The predicted octanol–water partition coefficient (Wildman–Crippen LogP) is 4.61. The van der Waals surface area contributed by atoms with Gasteiger partial charge >= 0.3 is 0 Å². The van der Waals surface area contributed by atoms with Gasteiger partial charge in [0.1, 0.15) is 6.17 Å². The molecule has 4 aromatic rings. The van der Waals surface area contributed by atoms with Gasteiger partial charge in [-0.25, -0.2) is 0 Å². The molecule has 8 heteroatoms. The van der Waals surface area contributed by atoms with Gasteiger partial charge in [0.2, 0.25) is 0 Å². The summed E-state index contributed by atoms with van der Waals surface area (Å²) in [5, 5.41) is 16.3. The first kappa shape index (κ1) is 20.9. The molecular weight excluding hydrogens is 424 g/mol. The average molecular weight is 455 g/mol. The van der Waals surface area contributed by atoms with E-state index in [0.717, 1.165) is 58.7 Å². The van der Waals surface area contributed by atoms with Crippen LogP contribution in [-0.2, 0) is 6.54 Å². The fraction of sp³-hybridized carbons (Fsp3) is 0.346. The summed E-state index contributed by atoms with van der Waals surface area (Å²) in [6.45, 7) is 3.03. The highest BCUT2D eigenvalue weighted by atomic mass is 15.3. The number of anilines is 3. The van der Waals surface area contributed by atoms with Crippen LogP contribution in [0.5, 0.6) is 0 Å². The number of H-pyrrole nitrogens is 1. The van der Waals surface area contributed by atoms with E-state index in [1.54, 1.807) is 0 Å². The van der Waals surface area contributed by atoms with E-state index in [2.05, 4.69) is 79.0 Å². The van der Waals surface area contributed by atoms with E-state index in [0.29, 0.717) is 0 Å². The summed E-state index contributed by atoms with van der Waals surface area (Å²) in [5.41, 5.74) is 8.76. The SMILES string of the molecule is CN(C)Cc1cncc(-c2ccc3n[nH]c(C4Nc5cncc(N6CCCCC6)c5N4)c3c2)c1. The summed E-state index contributed by atoms with van der Waals surface area (Å²) in [5.74, 6) is 0. The van der Waals surface area contributed by atoms with Crippen molar-refractivity contribution in [3.05, 3.63) is 60.3 Å². The van der Waals surface area contributed by atoms with Crippen LogP contribution >= 0.6 is 0 Å². The highest BCUT2D eigenvalue weighted by Gasteiger charge is 2.28.